The Morgan fingerprint density at radius 1 is 1.41 bits per heavy atom. The molecule has 1 atom stereocenters. The highest BCUT2D eigenvalue weighted by Gasteiger charge is 2.17. The number of nitrogens with one attached hydrogen (secondary N) is 1. The van der Waals surface area contributed by atoms with Gasteiger partial charge in [0.1, 0.15) is 6.40 Å². The second-order valence-electron chi connectivity index (χ2n) is 3.55. The molecule has 0 spiro atoms. The van der Waals surface area contributed by atoms with Crippen LogP contribution in [0.1, 0.15) is 11.4 Å². The normalized spacial score (nSPS) is 12.8. The van der Waals surface area contributed by atoms with Crippen LogP contribution in [0.25, 0.3) is 0 Å². The van der Waals surface area contributed by atoms with Gasteiger partial charge in [0.2, 0.25) is 0 Å². The molecular weight excluding hydrogens is 241 g/mol. The highest BCUT2D eigenvalue weighted by Crippen LogP contribution is 2.15. The maximum absolute atomic E-state index is 10.9. The molecule has 0 radical (unpaired) electrons. The van der Waals surface area contributed by atoms with Crippen LogP contribution in [0.5, 0.6) is 0 Å². The molecule has 0 aliphatic heterocycles. The third kappa shape index (κ3) is 5.51. The average molecular weight is 255 g/mol. The summed E-state index contributed by atoms with van der Waals surface area (Å²) in [6.07, 6.45) is 1.84. The molecule has 1 N–H and O–H groups in total. The third-order valence-electron chi connectivity index (χ3n) is 2.14. The first-order valence-electron chi connectivity index (χ1n) is 5.03. The van der Waals surface area contributed by atoms with Gasteiger partial charge < -0.3 is 4.65 Å². The van der Waals surface area contributed by atoms with Crippen molar-refractivity contribution in [1.82, 2.24) is 0 Å². The number of hydrogen-bond donors (Lipinski definition) is 1. The molecule has 7 heteroatoms. The van der Waals surface area contributed by atoms with Crippen molar-refractivity contribution in [2.75, 3.05) is 12.9 Å². The van der Waals surface area contributed by atoms with E-state index in [1.54, 1.807) is 0 Å². The number of benzene rings is 1. The van der Waals surface area contributed by atoms with Gasteiger partial charge in [-0.25, -0.2) is 0 Å². The topological polar surface area (TPSA) is 76.5 Å². The fourth-order valence-electron chi connectivity index (χ4n) is 1.34. The summed E-state index contributed by atoms with van der Waals surface area (Å²) < 4.78 is 31.5. The Morgan fingerprint density at radius 3 is 2.59 bits per heavy atom. The van der Waals surface area contributed by atoms with Gasteiger partial charge in [0.15, 0.2) is 0 Å². The Balaban J connectivity index is 2.70. The summed E-state index contributed by atoms with van der Waals surface area (Å²) >= 11 is 0. The van der Waals surface area contributed by atoms with E-state index in [1.807, 2.05) is 30.3 Å². The van der Waals surface area contributed by atoms with Crippen molar-refractivity contribution < 1.29 is 17.3 Å². The fourth-order valence-corrected chi connectivity index (χ4v) is 1.75. The first-order chi connectivity index (χ1) is 8.03. The first kappa shape index (κ1) is 13.7. The van der Waals surface area contributed by atoms with Crippen LogP contribution in [0, 0.1) is 5.41 Å². The molecule has 17 heavy (non-hydrogen) atoms. The van der Waals surface area contributed by atoms with Crippen molar-refractivity contribution in [3.8, 4) is 0 Å². The second-order valence-corrected chi connectivity index (χ2v) is 5.19. The van der Waals surface area contributed by atoms with Gasteiger partial charge in [-0.3, -0.25) is 9.59 Å². The summed E-state index contributed by atoms with van der Waals surface area (Å²) in [7, 11) is -3.25. The molecule has 0 bridgehead atoms. The van der Waals surface area contributed by atoms with E-state index in [9.17, 15) is 8.42 Å². The summed E-state index contributed by atoms with van der Waals surface area (Å²) in [4.78, 5) is 0. The molecule has 0 aromatic heterocycles. The van der Waals surface area contributed by atoms with E-state index >= 15 is 0 Å². The van der Waals surface area contributed by atoms with E-state index in [0.29, 0.717) is 0 Å². The second kappa shape index (κ2) is 6.41. The molecule has 92 valence electrons. The fraction of sp³-hybridized carbons (Fsp3) is 0.300. The Hall–Kier alpha value is -1.34. The van der Waals surface area contributed by atoms with Gasteiger partial charge in [-0.1, -0.05) is 30.3 Å². The molecule has 5 nitrogen and oxygen atoms in total. The van der Waals surface area contributed by atoms with E-state index < -0.39 is 10.1 Å². The molecule has 1 aromatic carbocycles. The van der Waals surface area contributed by atoms with E-state index in [-0.39, 0.29) is 19.9 Å². The van der Waals surface area contributed by atoms with Crippen molar-refractivity contribution in [2.24, 2.45) is 0 Å². The lowest BCUT2D eigenvalue weighted by molar-refractivity contribution is 0.315. The van der Waals surface area contributed by atoms with Crippen LogP contribution >= 0.6 is 0 Å². The zero-order chi connectivity index (χ0) is 12.7. The molecule has 1 aromatic rings. The smallest absolute Gasteiger partial charge is 0.351 e. The van der Waals surface area contributed by atoms with Crippen molar-refractivity contribution in [3.63, 3.8) is 0 Å². The van der Waals surface area contributed by atoms with E-state index in [2.05, 4.69) is 0 Å². The minimum absolute atomic E-state index is 0.0106. The Labute approximate surface area is 102 Å². The number of rotatable bonds is 7. The summed E-state index contributed by atoms with van der Waals surface area (Å²) in [5.41, 5.74) is 0.915. The van der Waals surface area contributed by atoms with Crippen LogP contribution in [0.4, 0.5) is 0 Å². The predicted octanol–water partition coefficient (Wildman–Crippen LogP) is 0.679. The maximum Gasteiger partial charge on any atom is 0.351 e. The Bertz CT molecular complexity index is 449. The van der Waals surface area contributed by atoms with Crippen molar-refractivity contribution in [3.05, 3.63) is 35.9 Å². The lowest BCUT2D eigenvalue weighted by Crippen LogP contribution is -2.19. The van der Waals surface area contributed by atoms with E-state index in [0.717, 1.165) is 18.2 Å². The van der Waals surface area contributed by atoms with Gasteiger partial charge in [0.25, 0.3) is 10.1 Å². The summed E-state index contributed by atoms with van der Waals surface area (Å²) in [5, 5.41) is 6.81. The van der Waals surface area contributed by atoms with Gasteiger partial charge in [0.05, 0.1) is 12.9 Å². The Kier molecular flexibility index (Phi) is 5.18. The van der Waals surface area contributed by atoms with Crippen LogP contribution < -0.4 is 0 Å². The largest absolute Gasteiger partial charge is 0.556 e. The SMILES string of the molecule is CS(=O)(=O)OC[C@H](BOC=N)c1ccccc1. The zero-order valence-electron chi connectivity index (χ0n) is 9.50. The molecule has 0 saturated heterocycles. The van der Waals surface area contributed by atoms with Gasteiger partial charge in [0, 0.05) is 5.82 Å². The van der Waals surface area contributed by atoms with Crippen LogP contribution in [0.3, 0.4) is 0 Å². The average Bonchev–Trinajstić information content (AvgIpc) is 2.29. The monoisotopic (exact) mass is 255 g/mol. The number of hydrogen-bond acceptors (Lipinski definition) is 5. The van der Waals surface area contributed by atoms with Crippen LogP contribution in [-0.4, -0.2) is 35.2 Å². The molecular formula is C10H14BNO4S. The van der Waals surface area contributed by atoms with Crippen molar-refractivity contribution in [1.29, 1.82) is 5.41 Å². The molecule has 0 aliphatic carbocycles. The molecule has 1 rings (SSSR count). The van der Waals surface area contributed by atoms with Crippen LogP contribution in [-0.2, 0) is 19.0 Å². The lowest BCUT2D eigenvalue weighted by atomic mass is 9.76. The highest BCUT2D eigenvalue weighted by atomic mass is 32.2. The third-order valence-corrected chi connectivity index (χ3v) is 2.70. The van der Waals surface area contributed by atoms with Crippen LogP contribution in [0.15, 0.2) is 30.3 Å². The summed E-state index contributed by atoms with van der Waals surface area (Å²) in [6, 6.07) is 9.31. The standard InChI is InChI=1S/C10H14BNO4S/c1-17(13,14)16-7-10(11-15-8-12)9-5-3-2-4-6-9/h2-6,8,10-12H,7H2,1H3/t10-/m0/s1. The van der Waals surface area contributed by atoms with E-state index in [4.69, 9.17) is 14.2 Å². The Morgan fingerprint density at radius 2 is 2.06 bits per heavy atom. The minimum atomic E-state index is -3.46. The molecule has 0 amide bonds. The molecule has 0 fully saturated rings. The zero-order valence-corrected chi connectivity index (χ0v) is 10.3. The quantitative estimate of drug-likeness (QED) is 0.336. The maximum atomic E-state index is 10.9. The first-order valence-corrected chi connectivity index (χ1v) is 6.84. The molecule has 0 saturated carbocycles. The van der Waals surface area contributed by atoms with E-state index in [1.165, 1.54) is 0 Å². The van der Waals surface area contributed by atoms with Crippen LogP contribution in [0.2, 0.25) is 0 Å². The van der Waals surface area contributed by atoms with Gasteiger partial charge in [-0.2, -0.15) is 8.42 Å². The minimum Gasteiger partial charge on any atom is -0.556 e. The van der Waals surface area contributed by atoms with Gasteiger partial charge >= 0.3 is 7.48 Å². The highest BCUT2D eigenvalue weighted by molar-refractivity contribution is 7.85. The summed E-state index contributed by atoms with van der Waals surface area (Å²) in [5.74, 6) is -0.215. The molecule has 0 unspecified atom stereocenters. The molecule has 0 aliphatic rings. The predicted molar refractivity (Wildman–Crippen MR) is 67.0 cm³/mol. The van der Waals surface area contributed by atoms with Crippen molar-refractivity contribution in [2.45, 2.75) is 5.82 Å². The lowest BCUT2D eigenvalue weighted by Gasteiger charge is -2.14. The molecule has 0 heterocycles. The summed E-state index contributed by atoms with van der Waals surface area (Å²) in [6.45, 7) is 0.0106. The van der Waals surface area contributed by atoms with Crippen molar-refractivity contribution >= 4 is 24.0 Å². The van der Waals surface area contributed by atoms with Gasteiger partial charge in [-0.15, -0.1) is 0 Å². The van der Waals surface area contributed by atoms with Gasteiger partial charge in [-0.05, 0) is 5.56 Å².